The molecule has 1 aliphatic heterocycles. The molecule has 3 aromatic rings. The van der Waals surface area contributed by atoms with Crippen molar-refractivity contribution < 1.29 is 18.4 Å². The highest BCUT2D eigenvalue weighted by atomic mass is 19.1. The average Bonchev–Trinajstić information content (AvgIpc) is 3.19. The van der Waals surface area contributed by atoms with E-state index in [-0.39, 0.29) is 6.54 Å². The second kappa shape index (κ2) is 5.41. The molecule has 1 N–H and O–H groups in total. The molecular weight excluding hydrogens is 325 g/mol. The third-order valence-electron chi connectivity index (χ3n) is 4.37. The number of pyridine rings is 1. The van der Waals surface area contributed by atoms with Gasteiger partial charge in [-0.25, -0.2) is 9.18 Å². The van der Waals surface area contributed by atoms with Crippen LogP contribution in [0.2, 0.25) is 0 Å². The van der Waals surface area contributed by atoms with Crippen molar-refractivity contribution in [3.05, 3.63) is 66.0 Å². The molecule has 0 radical (unpaired) electrons. The van der Waals surface area contributed by atoms with Gasteiger partial charge in [0.1, 0.15) is 11.6 Å². The van der Waals surface area contributed by atoms with E-state index in [1.165, 1.54) is 18.4 Å². The van der Waals surface area contributed by atoms with Gasteiger partial charge in [-0.15, -0.1) is 0 Å². The number of aromatic nitrogens is 1. The number of hydrogen-bond donors (Lipinski definition) is 1. The first-order chi connectivity index (χ1) is 12.0. The summed E-state index contributed by atoms with van der Waals surface area (Å²) in [7, 11) is 0. The van der Waals surface area contributed by atoms with Crippen molar-refractivity contribution in [3.63, 3.8) is 0 Å². The molecule has 25 heavy (non-hydrogen) atoms. The minimum atomic E-state index is -1.28. The number of benzene rings is 1. The van der Waals surface area contributed by atoms with Crippen LogP contribution in [0.3, 0.4) is 0 Å². The summed E-state index contributed by atoms with van der Waals surface area (Å²) in [5, 5.41) is 3.25. The summed E-state index contributed by atoms with van der Waals surface area (Å²) in [4.78, 5) is 30.5. The number of urea groups is 1. The highest BCUT2D eigenvalue weighted by Crippen LogP contribution is 2.31. The third-order valence-corrected chi connectivity index (χ3v) is 4.37. The summed E-state index contributed by atoms with van der Waals surface area (Å²) in [6.07, 6.45) is 3.02. The lowest BCUT2D eigenvalue weighted by Crippen LogP contribution is -2.40. The standard InChI is InChI=1S/C18H14FN3O3/c1-18(14-5-3-7-25-14)16(23)22(17(24)21-18)10-12-9-13(19)8-11-4-2-6-20-15(11)12/h2-9H,10H2,1H3,(H,21,24)/t18-/m0/s1. The summed E-state index contributed by atoms with van der Waals surface area (Å²) in [5.74, 6) is -0.562. The van der Waals surface area contributed by atoms with E-state index in [4.69, 9.17) is 4.42 Å². The normalized spacial score (nSPS) is 20.3. The zero-order valence-electron chi connectivity index (χ0n) is 13.3. The summed E-state index contributed by atoms with van der Waals surface area (Å²) in [5.41, 5.74) is -0.268. The topological polar surface area (TPSA) is 75.4 Å². The number of fused-ring (bicyclic) bond motifs is 1. The number of halogens is 1. The number of carbonyl (C=O) groups excluding carboxylic acids is 2. The van der Waals surface area contributed by atoms with Gasteiger partial charge in [-0.05, 0) is 37.3 Å². The predicted molar refractivity (Wildman–Crippen MR) is 86.8 cm³/mol. The molecule has 1 fully saturated rings. The van der Waals surface area contributed by atoms with Crippen LogP contribution in [0, 0.1) is 5.82 Å². The van der Waals surface area contributed by atoms with Crippen molar-refractivity contribution in [2.24, 2.45) is 0 Å². The second-order valence-corrected chi connectivity index (χ2v) is 6.06. The first-order valence-corrected chi connectivity index (χ1v) is 7.70. The van der Waals surface area contributed by atoms with E-state index in [0.29, 0.717) is 22.2 Å². The molecule has 1 aliphatic rings. The van der Waals surface area contributed by atoms with Gasteiger partial charge in [0, 0.05) is 17.1 Å². The van der Waals surface area contributed by atoms with Crippen molar-refractivity contribution in [1.82, 2.24) is 15.2 Å². The molecule has 6 nitrogen and oxygen atoms in total. The van der Waals surface area contributed by atoms with Gasteiger partial charge in [-0.3, -0.25) is 14.7 Å². The molecule has 1 atom stereocenters. The number of imide groups is 1. The first kappa shape index (κ1) is 15.3. The largest absolute Gasteiger partial charge is 0.466 e. The van der Waals surface area contributed by atoms with E-state index in [1.807, 2.05) is 0 Å². The molecule has 2 aromatic heterocycles. The molecule has 0 unspecified atom stereocenters. The lowest BCUT2D eigenvalue weighted by molar-refractivity contribution is -0.132. The first-order valence-electron chi connectivity index (χ1n) is 7.70. The fourth-order valence-electron chi connectivity index (χ4n) is 3.09. The summed E-state index contributed by atoms with van der Waals surface area (Å²) in [6.45, 7) is 1.50. The quantitative estimate of drug-likeness (QED) is 0.745. The molecule has 0 saturated carbocycles. The number of carbonyl (C=O) groups is 2. The van der Waals surface area contributed by atoms with Gasteiger partial charge in [0.15, 0.2) is 5.54 Å². The van der Waals surface area contributed by atoms with Crippen LogP contribution in [0.15, 0.2) is 53.3 Å². The third kappa shape index (κ3) is 2.36. The van der Waals surface area contributed by atoms with Crippen molar-refractivity contribution >= 4 is 22.8 Å². The van der Waals surface area contributed by atoms with E-state index in [9.17, 15) is 14.0 Å². The number of rotatable bonds is 3. The Morgan fingerprint density at radius 1 is 1.28 bits per heavy atom. The zero-order chi connectivity index (χ0) is 17.6. The van der Waals surface area contributed by atoms with E-state index in [0.717, 1.165) is 4.90 Å². The molecular formula is C18H14FN3O3. The predicted octanol–water partition coefficient (Wildman–Crippen LogP) is 2.93. The molecule has 4 rings (SSSR count). The second-order valence-electron chi connectivity index (χ2n) is 6.06. The number of nitrogens with zero attached hydrogens (tertiary/aromatic N) is 2. The maximum atomic E-state index is 13.9. The van der Waals surface area contributed by atoms with Crippen LogP contribution in [0.5, 0.6) is 0 Å². The van der Waals surface area contributed by atoms with Crippen LogP contribution in [0.1, 0.15) is 18.2 Å². The van der Waals surface area contributed by atoms with Gasteiger partial charge < -0.3 is 9.73 Å². The molecule has 1 aromatic carbocycles. The highest BCUT2D eigenvalue weighted by Gasteiger charge is 2.50. The molecule has 0 spiro atoms. The minimum Gasteiger partial charge on any atom is -0.466 e. The van der Waals surface area contributed by atoms with Crippen molar-refractivity contribution in [1.29, 1.82) is 0 Å². The van der Waals surface area contributed by atoms with E-state index in [1.54, 1.807) is 37.4 Å². The lowest BCUT2D eigenvalue weighted by Gasteiger charge is -2.19. The average molecular weight is 339 g/mol. The maximum Gasteiger partial charge on any atom is 0.325 e. The Kier molecular flexibility index (Phi) is 3.31. The van der Waals surface area contributed by atoms with E-state index < -0.39 is 23.3 Å². The van der Waals surface area contributed by atoms with Gasteiger partial charge in [-0.2, -0.15) is 0 Å². The smallest absolute Gasteiger partial charge is 0.325 e. The van der Waals surface area contributed by atoms with Gasteiger partial charge in [0.05, 0.1) is 18.3 Å². The summed E-state index contributed by atoms with van der Waals surface area (Å²) >= 11 is 0. The number of amides is 3. The Hall–Kier alpha value is -3.22. The molecule has 1 saturated heterocycles. The van der Waals surface area contributed by atoms with Crippen molar-refractivity contribution in [3.8, 4) is 0 Å². The Morgan fingerprint density at radius 2 is 2.12 bits per heavy atom. The molecule has 0 aliphatic carbocycles. The Bertz CT molecular complexity index is 986. The van der Waals surface area contributed by atoms with Crippen molar-refractivity contribution in [2.75, 3.05) is 0 Å². The number of nitrogens with one attached hydrogen (secondary N) is 1. The zero-order valence-corrected chi connectivity index (χ0v) is 13.3. The minimum absolute atomic E-state index is 0.0771. The monoisotopic (exact) mass is 339 g/mol. The van der Waals surface area contributed by atoms with Crippen molar-refractivity contribution in [2.45, 2.75) is 19.0 Å². The molecule has 0 bridgehead atoms. The Labute approximate surface area is 142 Å². The number of furan rings is 1. The molecule has 126 valence electrons. The summed E-state index contributed by atoms with van der Waals surface area (Å²) in [6, 6.07) is 8.80. The lowest BCUT2D eigenvalue weighted by atomic mass is 9.99. The van der Waals surface area contributed by atoms with Crippen LogP contribution in [-0.2, 0) is 16.9 Å². The van der Waals surface area contributed by atoms with Gasteiger partial charge in [0.2, 0.25) is 0 Å². The molecule has 3 heterocycles. The maximum absolute atomic E-state index is 13.9. The molecule has 7 heteroatoms. The van der Waals surface area contributed by atoms with Crippen LogP contribution in [0.25, 0.3) is 10.9 Å². The Balaban J connectivity index is 1.72. The summed E-state index contributed by atoms with van der Waals surface area (Å²) < 4.78 is 19.2. The molecule has 3 amide bonds. The van der Waals surface area contributed by atoms with E-state index in [2.05, 4.69) is 10.3 Å². The Morgan fingerprint density at radius 3 is 2.88 bits per heavy atom. The van der Waals surface area contributed by atoms with Crippen LogP contribution in [0.4, 0.5) is 9.18 Å². The van der Waals surface area contributed by atoms with Gasteiger partial charge in [-0.1, -0.05) is 6.07 Å². The fourth-order valence-corrected chi connectivity index (χ4v) is 3.09. The van der Waals surface area contributed by atoms with Gasteiger partial charge >= 0.3 is 6.03 Å². The van der Waals surface area contributed by atoms with Crippen LogP contribution < -0.4 is 5.32 Å². The van der Waals surface area contributed by atoms with Crippen LogP contribution >= 0.6 is 0 Å². The number of hydrogen-bond acceptors (Lipinski definition) is 4. The highest BCUT2D eigenvalue weighted by molar-refractivity contribution is 6.07. The fraction of sp³-hybridized carbons (Fsp3) is 0.167. The van der Waals surface area contributed by atoms with Crippen LogP contribution in [-0.4, -0.2) is 21.8 Å². The SMILES string of the molecule is C[C@@]1(c2ccco2)NC(=O)N(Cc2cc(F)cc3cccnc23)C1=O. The van der Waals surface area contributed by atoms with Gasteiger partial charge in [0.25, 0.3) is 5.91 Å². The van der Waals surface area contributed by atoms with E-state index >= 15 is 0 Å².